The van der Waals surface area contributed by atoms with Crippen LogP contribution in [0.25, 0.3) is 0 Å². The zero-order chi connectivity index (χ0) is 14.7. The fourth-order valence-electron chi connectivity index (χ4n) is 2.41. The van der Waals surface area contributed by atoms with Gasteiger partial charge in [0.1, 0.15) is 0 Å². The number of benzene rings is 2. The molecule has 20 heavy (non-hydrogen) atoms. The number of halogens is 2. The third kappa shape index (κ3) is 3.99. The first-order chi connectivity index (χ1) is 9.45. The second-order valence-corrected chi connectivity index (χ2v) is 6.11. The highest BCUT2D eigenvalue weighted by atomic mass is 35.5. The number of hydrogen-bond acceptors (Lipinski definition) is 1. The van der Waals surface area contributed by atoms with Gasteiger partial charge in [0.2, 0.25) is 0 Å². The van der Waals surface area contributed by atoms with Crippen LogP contribution < -0.4 is 5.32 Å². The Morgan fingerprint density at radius 1 is 1.00 bits per heavy atom. The molecule has 1 atom stereocenters. The van der Waals surface area contributed by atoms with E-state index < -0.39 is 0 Å². The molecule has 0 bridgehead atoms. The molecule has 1 N–H and O–H groups in total. The maximum absolute atomic E-state index is 6.01. The maximum Gasteiger partial charge on any atom is 0.0424 e. The van der Waals surface area contributed by atoms with Gasteiger partial charge in [-0.15, -0.1) is 0 Å². The van der Waals surface area contributed by atoms with Crippen LogP contribution in [0.3, 0.4) is 0 Å². The zero-order valence-corrected chi connectivity index (χ0v) is 13.5. The molecule has 0 aliphatic rings. The summed E-state index contributed by atoms with van der Waals surface area (Å²) >= 11 is 12.0. The lowest BCUT2D eigenvalue weighted by Gasteiger charge is -2.17. The molecular weight excluding hydrogens is 289 g/mol. The van der Waals surface area contributed by atoms with E-state index in [1.807, 2.05) is 12.1 Å². The summed E-state index contributed by atoms with van der Waals surface area (Å²) in [5, 5.41) is 4.86. The molecule has 2 aromatic carbocycles. The Hall–Kier alpha value is -1.02. The van der Waals surface area contributed by atoms with Crippen molar-refractivity contribution in [2.24, 2.45) is 0 Å². The summed E-state index contributed by atoms with van der Waals surface area (Å²) in [5.41, 5.74) is 5.03. The van der Waals surface area contributed by atoms with E-state index in [1.54, 1.807) is 6.07 Å². The fraction of sp³-hybridized carbons (Fsp3) is 0.294. The average Bonchev–Trinajstić information content (AvgIpc) is 2.35. The molecule has 0 radical (unpaired) electrons. The van der Waals surface area contributed by atoms with Crippen molar-refractivity contribution in [2.45, 2.75) is 33.4 Å². The molecule has 0 aromatic heterocycles. The standard InChI is InChI=1S/C17H19Cl2N/c1-11-4-5-17(12(2)6-11)13(3)20-10-14-7-15(18)9-16(19)8-14/h4-9,13,20H,10H2,1-3H3. The van der Waals surface area contributed by atoms with Gasteiger partial charge < -0.3 is 5.32 Å². The van der Waals surface area contributed by atoms with Crippen molar-refractivity contribution in [3.8, 4) is 0 Å². The first-order valence-corrected chi connectivity index (χ1v) is 7.47. The molecular formula is C17H19Cl2N. The number of hydrogen-bond donors (Lipinski definition) is 1. The van der Waals surface area contributed by atoms with Gasteiger partial charge in [0.25, 0.3) is 0 Å². The number of aryl methyl sites for hydroxylation is 2. The highest BCUT2D eigenvalue weighted by molar-refractivity contribution is 6.34. The molecule has 2 rings (SSSR count). The van der Waals surface area contributed by atoms with Crippen molar-refractivity contribution >= 4 is 23.2 Å². The molecule has 0 saturated carbocycles. The van der Waals surface area contributed by atoms with Crippen LogP contribution in [0.4, 0.5) is 0 Å². The van der Waals surface area contributed by atoms with Gasteiger partial charge >= 0.3 is 0 Å². The van der Waals surface area contributed by atoms with Gasteiger partial charge in [0.15, 0.2) is 0 Å². The molecule has 0 spiro atoms. The fourth-order valence-corrected chi connectivity index (χ4v) is 2.98. The van der Waals surface area contributed by atoms with Crippen LogP contribution in [0.1, 0.15) is 35.2 Å². The Balaban J connectivity index is 2.06. The largest absolute Gasteiger partial charge is 0.306 e. The van der Waals surface area contributed by atoms with E-state index in [1.165, 1.54) is 16.7 Å². The minimum Gasteiger partial charge on any atom is -0.306 e. The summed E-state index contributed by atoms with van der Waals surface area (Å²) < 4.78 is 0. The van der Waals surface area contributed by atoms with Crippen molar-refractivity contribution in [2.75, 3.05) is 0 Å². The van der Waals surface area contributed by atoms with Crippen molar-refractivity contribution in [1.82, 2.24) is 5.32 Å². The summed E-state index contributed by atoms with van der Waals surface area (Å²) in [6, 6.07) is 12.5. The van der Waals surface area contributed by atoms with Gasteiger partial charge in [-0.05, 0) is 55.7 Å². The topological polar surface area (TPSA) is 12.0 Å². The predicted molar refractivity (Wildman–Crippen MR) is 87.6 cm³/mol. The van der Waals surface area contributed by atoms with E-state index in [0.717, 1.165) is 12.1 Å². The van der Waals surface area contributed by atoms with Crippen molar-refractivity contribution < 1.29 is 0 Å². The van der Waals surface area contributed by atoms with Gasteiger partial charge in [-0.2, -0.15) is 0 Å². The second kappa shape index (κ2) is 6.62. The summed E-state index contributed by atoms with van der Waals surface area (Å²) in [6.45, 7) is 7.18. The van der Waals surface area contributed by atoms with Crippen LogP contribution in [0.2, 0.25) is 10.0 Å². The van der Waals surface area contributed by atoms with Gasteiger partial charge in [0.05, 0.1) is 0 Å². The molecule has 106 valence electrons. The summed E-state index contributed by atoms with van der Waals surface area (Å²) in [4.78, 5) is 0. The van der Waals surface area contributed by atoms with E-state index in [-0.39, 0.29) is 6.04 Å². The van der Waals surface area contributed by atoms with E-state index in [9.17, 15) is 0 Å². The monoisotopic (exact) mass is 307 g/mol. The normalized spacial score (nSPS) is 12.4. The van der Waals surface area contributed by atoms with Gasteiger partial charge in [-0.3, -0.25) is 0 Å². The van der Waals surface area contributed by atoms with Crippen LogP contribution >= 0.6 is 23.2 Å². The maximum atomic E-state index is 6.01. The zero-order valence-electron chi connectivity index (χ0n) is 12.0. The summed E-state index contributed by atoms with van der Waals surface area (Å²) in [5.74, 6) is 0. The Morgan fingerprint density at radius 3 is 2.25 bits per heavy atom. The highest BCUT2D eigenvalue weighted by Gasteiger charge is 2.08. The van der Waals surface area contributed by atoms with Crippen molar-refractivity contribution in [3.63, 3.8) is 0 Å². The Labute approximate surface area is 130 Å². The van der Waals surface area contributed by atoms with Gasteiger partial charge in [-0.1, -0.05) is 47.0 Å². The second-order valence-electron chi connectivity index (χ2n) is 5.24. The summed E-state index contributed by atoms with van der Waals surface area (Å²) in [7, 11) is 0. The number of rotatable bonds is 4. The Kier molecular flexibility index (Phi) is 5.09. The van der Waals surface area contributed by atoms with Gasteiger partial charge in [-0.25, -0.2) is 0 Å². The minimum absolute atomic E-state index is 0.286. The minimum atomic E-state index is 0.286. The molecule has 3 heteroatoms. The molecule has 0 aliphatic heterocycles. The van der Waals surface area contributed by atoms with E-state index in [2.05, 4.69) is 44.3 Å². The molecule has 0 heterocycles. The van der Waals surface area contributed by atoms with Crippen molar-refractivity contribution in [1.29, 1.82) is 0 Å². The quantitative estimate of drug-likeness (QED) is 0.790. The van der Waals surface area contributed by atoms with Crippen LogP contribution in [0.5, 0.6) is 0 Å². The average molecular weight is 308 g/mol. The van der Waals surface area contributed by atoms with Crippen LogP contribution in [-0.4, -0.2) is 0 Å². The molecule has 2 aromatic rings. The lowest BCUT2D eigenvalue weighted by atomic mass is 10.00. The third-order valence-corrected chi connectivity index (χ3v) is 3.86. The highest BCUT2D eigenvalue weighted by Crippen LogP contribution is 2.21. The lowest BCUT2D eigenvalue weighted by molar-refractivity contribution is 0.572. The number of nitrogens with one attached hydrogen (secondary N) is 1. The molecule has 0 amide bonds. The lowest BCUT2D eigenvalue weighted by Crippen LogP contribution is -2.19. The molecule has 0 saturated heterocycles. The van der Waals surface area contributed by atoms with Gasteiger partial charge in [0, 0.05) is 22.6 Å². The van der Waals surface area contributed by atoms with Crippen molar-refractivity contribution in [3.05, 3.63) is 68.7 Å². The third-order valence-electron chi connectivity index (χ3n) is 3.43. The molecule has 0 fully saturated rings. The smallest absolute Gasteiger partial charge is 0.0424 e. The van der Waals surface area contributed by atoms with Crippen LogP contribution in [0.15, 0.2) is 36.4 Å². The molecule has 0 aliphatic carbocycles. The molecule has 1 unspecified atom stereocenters. The van der Waals surface area contributed by atoms with Crippen LogP contribution in [0, 0.1) is 13.8 Å². The first kappa shape index (κ1) is 15.4. The predicted octanol–water partition coefficient (Wildman–Crippen LogP) is 5.46. The Morgan fingerprint density at radius 2 is 1.65 bits per heavy atom. The van der Waals surface area contributed by atoms with E-state index in [4.69, 9.17) is 23.2 Å². The SMILES string of the molecule is Cc1ccc(C(C)NCc2cc(Cl)cc(Cl)c2)c(C)c1. The molecule has 1 nitrogen and oxygen atoms in total. The van der Waals surface area contributed by atoms with E-state index >= 15 is 0 Å². The summed E-state index contributed by atoms with van der Waals surface area (Å²) in [6.07, 6.45) is 0. The Bertz CT molecular complexity index is 588. The van der Waals surface area contributed by atoms with Crippen LogP contribution in [-0.2, 0) is 6.54 Å². The first-order valence-electron chi connectivity index (χ1n) is 6.71. The van der Waals surface area contributed by atoms with E-state index in [0.29, 0.717) is 10.0 Å².